The van der Waals surface area contributed by atoms with Gasteiger partial charge in [-0.3, -0.25) is 4.79 Å². The zero-order valence-corrected chi connectivity index (χ0v) is 21.4. The summed E-state index contributed by atoms with van der Waals surface area (Å²) >= 11 is 0. The van der Waals surface area contributed by atoms with Gasteiger partial charge in [0.2, 0.25) is 5.91 Å². The highest BCUT2D eigenvalue weighted by molar-refractivity contribution is 14.0. The smallest absolute Gasteiger partial charge is 0.241 e. The Morgan fingerprint density at radius 3 is 2.56 bits per heavy atom. The number of rotatable bonds is 8. The van der Waals surface area contributed by atoms with E-state index >= 15 is 0 Å². The van der Waals surface area contributed by atoms with E-state index < -0.39 is 0 Å². The van der Waals surface area contributed by atoms with E-state index in [0.29, 0.717) is 19.0 Å². The lowest BCUT2D eigenvalue weighted by molar-refractivity contribution is -0.127. The molecule has 0 spiro atoms. The Balaban J connectivity index is 0.00000363. The number of hydrogen-bond donors (Lipinski definition) is 3. The lowest BCUT2D eigenvalue weighted by Crippen LogP contribution is -2.43. The lowest BCUT2D eigenvalue weighted by atomic mass is 10.1. The van der Waals surface area contributed by atoms with Crippen molar-refractivity contribution in [3.8, 4) is 5.75 Å². The number of aliphatic imine (C=N–C) groups is 1. The molecule has 1 heterocycles. The predicted octanol–water partition coefficient (Wildman–Crippen LogP) is 3.47. The Bertz CT molecular complexity index is 1040. The fourth-order valence-corrected chi connectivity index (χ4v) is 3.36. The zero-order chi connectivity index (χ0) is 22.2. The van der Waals surface area contributed by atoms with Gasteiger partial charge in [0, 0.05) is 37.7 Å². The highest BCUT2D eigenvalue weighted by Gasteiger charge is 2.08. The molecule has 3 N–H and O–H groups in total. The van der Waals surface area contributed by atoms with Crippen LogP contribution in [0, 0.1) is 6.92 Å². The Morgan fingerprint density at radius 1 is 1.12 bits per heavy atom. The summed E-state index contributed by atoms with van der Waals surface area (Å²) in [7, 11) is 5.13. The maximum absolute atomic E-state index is 12.0. The number of likely N-dealkylation sites (N-methyl/N-ethyl adjacent to an activating group) is 1. The third-order valence-corrected chi connectivity index (χ3v) is 5.17. The Hall–Kier alpha value is -2.75. The molecular weight excluding hydrogens is 517 g/mol. The molecule has 0 aliphatic rings. The average molecular weight is 549 g/mol. The number of nitrogens with one attached hydrogen (secondary N) is 3. The van der Waals surface area contributed by atoms with Crippen LogP contribution >= 0.6 is 24.0 Å². The number of halogens is 1. The van der Waals surface area contributed by atoms with E-state index in [2.05, 4.69) is 51.9 Å². The van der Waals surface area contributed by atoms with E-state index in [4.69, 9.17) is 4.74 Å². The van der Waals surface area contributed by atoms with Crippen LogP contribution in [0.1, 0.15) is 16.7 Å². The van der Waals surface area contributed by atoms with E-state index in [1.54, 1.807) is 26.1 Å². The predicted molar refractivity (Wildman–Crippen MR) is 141 cm³/mol. The van der Waals surface area contributed by atoms with E-state index in [1.807, 2.05) is 24.3 Å². The Labute approximate surface area is 206 Å². The molecular formula is C24H32IN5O2. The molecule has 0 aliphatic carbocycles. The first-order valence-electron chi connectivity index (χ1n) is 10.4. The number of H-pyrrole nitrogens is 1. The molecule has 3 rings (SSSR count). The second-order valence-electron chi connectivity index (χ2n) is 7.64. The molecule has 0 saturated carbocycles. The second-order valence-corrected chi connectivity index (χ2v) is 7.64. The fraction of sp³-hybridized carbons (Fsp3) is 0.333. The summed E-state index contributed by atoms with van der Waals surface area (Å²) in [5, 5.41) is 7.77. The minimum atomic E-state index is -0.00815. The van der Waals surface area contributed by atoms with Gasteiger partial charge in [0.15, 0.2) is 5.96 Å². The maximum Gasteiger partial charge on any atom is 0.241 e. The molecule has 2 aromatic carbocycles. The third-order valence-electron chi connectivity index (χ3n) is 5.17. The van der Waals surface area contributed by atoms with Crippen molar-refractivity contribution in [2.24, 2.45) is 4.99 Å². The van der Waals surface area contributed by atoms with E-state index in [9.17, 15) is 4.79 Å². The quantitative estimate of drug-likeness (QED) is 0.229. The van der Waals surface area contributed by atoms with Gasteiger partial charge in [0.25, 0.3) is 0 Å². The normalized spacial score (nSPS) is 11.1. The van der Waals surface area contributed by atoms with Gasteiger partial charge in [-0.1, -0.05) is 24.3 Å². The monoisotopic (exact) mass is 549 g/mol. The summed E-state index contributed by atoms with van der Waals surface area (Å²) < 4.78 is 5.20. The number of nitrogens with zero attached hydrogens (tertiary/aromatic N) is 2. The summed E-state index contributed by atoms with van der Waals surface area (Å²) in [6, 6.07) is 14.1. The van der Waals surface area contributed by atoms with Crippen molar-refractivity contribution in [3.05, 3.63) is 65.4 Å². The van der Waals surface area contributed by atoms with Crippen LogP contribution in [0.25, 0.3) is 10.9 Å². The summed E-state index contributed by atoms with van der Waals surface area (Å²) in [5.74, 6) is 1.42. The van der Waals surface area contributed by atoms with Crippen molar-refractivity contribution in [2.45, 2.75) is 19.9 Å². The molecule has 0 unspecified atom stereocenters. The molecule has 1 aromatic heterocycles. The van der Waals surface area contributed by atoms with Crippen LogP contribution in [-0.4, -0.2) is 56.0 Å². The lowest BCUT2D eigenvalue weighted by Gasteiger charge is -2.15. The minimum Gasteiger partial charge on any atom is -0.497 e. The Morgan fingerprint density at radius 2 is 1.88 bits per heavy atom. The van der Waals surface area contributed by atoms with Gasteiger partial charge < -0.3 is 25.3 Å². The molecule has 172 valence electrons. The molecule has 0 radical (unpaired) electrons. The minimum absolute atomic E-state index is 0. The summed E-state index contributed by atoms with van der Waals surface area (Å²) in [6.45, 7) is 3.52. The summed E-state index contributed by atoms with van der Waals surface area (Å²) in [6.07, 6.45) is 2.91. The van der Waals surface area contributed by atoms with Gasteiger partial charge in [-0.2, -0.15) is 0 Å². The highest BCUT2D eigenvalue weighted by Crippen LogP contribution is 2.22. The van der Waals surface area contributed by atoms with Crippen LogP contribution in [0.2, 0.25) is 0 Å². The molecule has 8 heteroatoms. The van der Waals surface area contributed by atoms with Gasteiger partial charge >= 0.3 is 0 Å². The number of aryl methyl sites for hydroxylation is 1. The van der Waals surface area contributed by atoms with Crippen molar-refractivity contribution in [1.82, 2.24) is 20.5 Å². The number of guanidine groups is 1. The number of ether oxygens (including phenoxy) is 1. The van der Waals surface area contributed by atoms with Crippen LogP contribution in [0.4, 0.5) is 0 Å². The summed E-state index contributed by atoms with van der Waals surface area (Å²) in [4.78, 5) is 21.6. The van der Waals surface area contributed by atoms with Crippen LogP contribution in [0.5, 0.6) is 5.75 Å². The molecule has 0 fully saturated rings. The number of aromatic amines is 1. The number of amides is 1. The Kier molecular flexibility index (Phi) is 9.83. The van der Waals surface area contributed by atoms with E-state index in [-0.39, 0.29) is 36.4 Å². The highest BCUT2D eigenvalue weighted by atomic mass is 127. The first kappa shape index (κ1) is 25.5. The van der Waals surface area contributed by atoms with Crippen LogP contribution in [-0.2, 0) is 17.8 Å². The molecule has 3 aromatic rings. The first-order valence-corrected chi connectivity index (χ1v) is 10.4. The van der Waals surface area contributed by atoms with Crippen molar-refractivity contribution in [3.63, 3.8) is 0 Å². The van der Waals surface area contributed by atoms with Crippen LogP contribution in [0.3, 0.4) is 0 Å². The molecule has 0 atom stereocenters. The largest absolute Gasteiger partial charge is 0.497 e. The zero-order valence-electron chi connectivity index (χ0n) is 19.1. The van der Waals surface area contributed by atoms with Gasteiger partial charge in [-0.25, -0.2) is 4.99 Å². The topological polar surface area (TPSA) is 81.7 Å². The first-order chi connectivity index (χ1) is 15.0. The number of benzene rings is 2. The molecule has 7 nitrogen and oxygen atoms in total. The number of carbonyl (C=O) groups excluding carboxylic acids is 1. The number of fused-ring (bicyclic) bond motifs is 1. The number of methoxy groups -OCH3 is 1. The molecule has 0 aliphatic heterocycles. The number of hydrogen-bond acceptors (Lipinski definition) is 3. The molecule has 32 heavy (non-hydrogen) atoms. The molecule has 1 amide bonds. The fourth-order valence-electron chi connectivity index (χ4n) is 3.36. The van der Waals surface area contributed by atoms with Gasteiger partial charge in [-0.15, -0.1) is 24.0 Å². The van der Waals surface area contributed by atoms with Gasteiger partial charge in [-0.05, 0) is 48.2 Å². The maximum atomic E-state index is 12.0. The van der Waals surface area contributed by atoms with Crippen molar-refractivity contribution in [1.29, 1.82) is 0 Å². The number of carbonyl (C=O) groups is 1. The molecule has 0 bridgehead atoms. The SMILES string of the molecule is COc1ccc(CN=C(NCCc2c[nH]c3cccc(C)c23)NCC(=O)N(C)C)cc1.I. The molecule has 0 saturated heterocycles. The second kappa shape index (κ2) is 12.3. The van der Waals surface area contributed by atoms with Crippen molar-refractivity contribution in [2.75, 3.05) is 34.3 Å². The van der Waals surface area contributed by atoms with Crippen molar-refractivity contribution >= 4 is 46.7 Å². The van der Waals surface area contributed by atoms with Gasteiger partial charge in [0.1, 0.15) is 5.75 Å². The standard InChI is InChI=1S/C24H31N5O2.HI/c1-17-6-5-7-21-23(17)19(15-26-21)12-13-25-24(28-16-22(30)29(2)3)27-14-18-8-10-20(31-4)11-9-18;/h5-11,15,26H,12-14,16H2,1-4H3,(H2,25,27,28);1H. The van der Waals surface area contributed by atoms with Gasteiger partial charge in [0.05, 0.1) is 20.2 Å². The van der Waals surface area contributed by atoms with Crippen LogP contribution in [0.15, 0.2) is 53.7 Å². The van der Waals surface area contributed by atoms with Crippen LogP contribution < -0.4 is 15.4 Å². The average Bonchev–Trinajstić information content (AvgIpc) is 3.19. The van der Waals surface area contributed by atoms with E-state index in [1.165, 1.54) is 16.5 Å². The third kappa shape index (κ3) is 6.88. The van der Waals surface area contributed by atoms with Crippen molar-refractivity contribution < 1.29 is 9.53 Å². The number of aromatic nitrogens is 1. The summed E-state index contributed by atoms with van der Waals surface area (Å²) in [5.41, 5.74) is 4.74. The van der Waals surface area contributed by atoms with E-state index in [0.717, 1.165) is 23.3 Å².